The van der Waals surface area contributed by atoms with Crippen molar-refractivity contribution >= 4 is 33.0 Å². The molecule has 0 aliphatic carbocycles. The molecule has 0 radical (unpaired) electrons. The fourth-order valence-corrected chi connectivity index (χ4v) is 4.38. The molecule has 0 amide bonds. The summed E-state index contributed by atoms with van der Waals surface area (Å²) >= 11 is 0.828. The summed E-state index contributed by atoms with van der Waals surface area (Å²) in [6.07, 6.45) is 0. The highest BCUT2D eigenvalue weighted by molar-refractivity contribution is 7.93. The maximum absolute atomic E-state index is 13.2. The van der Waals surface area contributed by atoms with Gasteiger partial charge in [0.25, 0.3) is 10.0 Å². The molecule has 1 N–H and O–H groups in total. The van der Waals surface area contributed by atoms with Gasteiger partial charge in [0.15, 0.2) is 11.6 Å². The number of carboxylic acids is 1. The zero-order chi connectivity index (χ0) is 16.7. The predicted octanol–water partition coefficient (Wildman–Crippen LogP) is 2.86. The van der Waals surface area contributed by atoms with E-state index >= 15 is 0 Å². The second-order valence-corrected chi connectivity index (χ2v) is 7.60. The Kier molecular flexibility index (Phi) is 4.21. The summed E-state index contributed by atoms with van der Waals surface area (Å²) in [5.41, 5.74) is -0.0682. The number of aryl methyl sites for hydroxylation is 1. The first kappa shape index (κ1) is 16.4. The first-order chi connectivity index (χ1) is 10.1. The van der Waals surface area contributed by atoms with Crippen LogP contribution in [0.15, 0.2) is 29.2 Å². The normalized spacial score (nSPS) is 11.5. The van der Waals surface area contributed by atoms with Gasteiger partial charge < -0.3 is 5.11 Å². The van der Waals surface area contributed by atoms with E-state index in [1.165, 1.54) is 14.0 Å². The number of hydrogen-bond acceptors (Lipinski definition) is 4. The molecule has 0 aliphatic heterocycles. The molecule has 0 unspecified atom stereocenters. The van der Waals surface area contributed by atoms with Crippen LogP contribution in [0.4, 0.5) is 14.5 Å². The molecule has 0 bridgehead atoms. The number of benzene rings is 1. The Morgan fingerprint density at radius 3 is 2.36 bits per heavy atom. The van der Waals surface area contributed by atoms with Gasteiger partial charge in [0, 0.05) is 18.0 Å². The number of anilines is 1. The average molecular weight is 347 g/mol. The van der Waals surface area contributed by atoms with Gasteiger partial charge in [-0.1, -0.05) is 0 Å². The molecule has 0 fully saturated rings. The second kappa shape index (κ2) is 5.65. The Morgan fingerprint density at radius 1 is 1.23 bits per heavy atom. The van der Waals surface area contributed by atoms with E-state index in [1.807, 2.05) is 0 Å². The van der Waals surface area contributed by atoms with E-state index in [4.69, 9.17) is 5.11 Å². The third-order valence-corrected chi connectivity index (χ3v) is 6.07. The van der Waals surface area contributed by atoms with Gasteiger partial charge in [0.1, 0.15) is 9.77 Å². The lowest BCUT2D eigenvalue weighted by Gasteiger charge is -2.19. The zero-order valence-corrected chi connectivity index (χ0v) is 13.1. The molecule has 0 saturated carbocycles. The Bertz CT molecular complexity index is 846. The molecule has 2 aromatic rings. The van der Waals surface area contributed by atoms with Crippen molar-refractivity contribution in [3.8, 4) is 0 Å². The van der Waals surface area contributed by atoms with Gasteiger partial charge in [-0.15, -0.1) is 11.3 Å². The number of nitrogens with zero attached hydrogens (tertiary/aromatic N) is 1. The van der Waals surface area contributed by atoms with Gasteiger partial charge in [-0.05, 0) is 25.1 Å². The quantitative estimate of drug-likeness (QED) is 0.923. The lowest BCUT2D eigenvalue weighted by Crippen LogP contribution is -2.26. The van der Waals surface area contributed by atoms with Crippen LogP contribution < -0.4 is 4.31 Å². The molecule has 0 spiro atoms. The lowest BCUT2D eigenvalue weighted by molar-refractivity contribution is 0.0702. The van der Waals surface area contributed by atoms with Gasteiger partial charge >= 0.3 is 5.97 Å². The molecule has 0 atom stereocenters. The SMILES string of the molecule is Cc1sc(C(=O)O)cc1S(=O)(=O)N(C)c1ccc(F)c(F)c1. The first-order valence-corrected chi connectivity index (χ1v) is 8.18. The summed E-state index contributed by atoms with van der Waals surface area (Å²) in [6.45, 7) is 1.48. The van der Waals surface area contributed by atoms with Crippen LogP contribution in [0.1, 0.15) is 14.5 Å². The minimum absolute atomic E-state index is 0.0682. The standard InChI is InChI=1S/C13H11F2NO4S2/c1-7-12(6-11(21-7)13(17)18)22(19,20)16(2)8-3-4-9(14)10(15)5-8/h3-6H,1-2H3,(H,17,18). The second-order valence-electron chi connectivity index (χ2n) is 4.41. The Labute approximate surface area is 129 Å². The molecule has 1 heterocycles. The molecule has 5 nitrogen and oxygen atoms in total. The topological polar surface area (TPSA) is 74.7 Å². The van der Waals surface area contributed by atoms with Gasteiger partial charge in [-0.2, -0.15) is 0 Å². The third kappa shape index (κ3) is 2.81. The van der Waals surface area contributed by atoms with Crippen molar-refractivity contribution in [2.45, 2.75) is 11.8 Å². The summed E-state index contributed by atoms with van der Waals surface area (Å²) in [5.74, 6) is -3.49. The monoisotopic (exact) mass is 347 g/mol. The van der Waals surface area contributed by atoms with E-state index in [0.29, 0.717) is 4.88 Å². The molecular weight excluding hydrogens is 336 g/mol. The molecule has 0 aliphatic rings. The Hall–Kier alpha value is -2.00. The van der Waals surface area contributed by atoms with Crippen LogP contribution in [-0.2, 0) is 10.0 Å². The summed E-state index contributed by atoms with van der Waals surface area (Å²) in [7, 11) is -2.89. The van der Waals surface area contributed by atoms with E-state index in [1.54, 1.807) is 0 Å². The summed E-state index contributed by atoms with van der Waals surface area (Å²) in [4.78, 5) is 10.9. The smallest absolute Gasteiger partial charge is 0.345 e. The van der Waals surface area contributed by atoms with Crippen LogP contribution >= 0.6 is 11.3 Å². The summed E-state index contributed by atoms with van der Waals surface area (Å²) < 4.78 is 52.0. The zero-order valence-electron chi connectivity index (χ0n) is 11.5. The van der Waals surface area contributed by atoms with Crippen molar-refractivity contribution in [3.05, 3.63) is 45.7 Å². The highest BCUT2D eigenvalue weighted by Crippen LogP contribution is 2.30. The number of aromatic carboxylic acids is 1. The van der Waals surface area contributed by atoms with Gasteiger partial charge in [-0.25, -0.2) is 22.0 Å². The van der Waals surface area contributed by atoms with Crippen LogP contribution in [0, 0.1) is 18.6 Å². The molecular formula is C13H11F2NO4S2. The van der Waals surface area contributed by atoms with Crippen LogP contribution in [0.25, 0.3) is 0 Å². The van der Waals surface area contributed by atoms with Crippen LogP contribution in [0.2, 0.25) is 0 Å². The van der Waals surface area contributed by atoms with Crippen molar-refractivity contribution in [1.82, 2.24) is 0 Å². The lowest BCUT2D eigenvalue weighted by atomic mass is 10.3. The average Bonchev–Trinajstić information content (AvgIpc) is 2.84. The van der Waals surface area contributed by atoms with Gasteiger partial charge in [0.2, 0.25) is 0 Å². The van der Waals surface area contributed by atoms with Crippen LogP contribution in [0.5, 0.6) is 0 Å². The van der Waals surface area contributed by atoms with E-state index in [0.717, 1.165) is 39.9 Å². The molecule has 118 valence electrons. The molecule has 9 heteroatoms. The summed E-state index contributed by atoms with van der Waals surface area (Å²) in [6, 6.07) is 3.75. The number of carbonyl (C=O) groups is 1. The molecule has 1 aromatic heterocycles. The Morgan fingerprint density at radius 2 is 1.86 bits per heavy atom. The summed E-state index contributed by atoms with van der Waals surface area (Å²) in [5, 5.41) is 8.92. The molecule has 22 heavy (non-hydrogen) atoms. The molecule has 2 rings (SSSR count). The van der Waals surface area contributed by atoms with E-state index in [9.17, 15) is 22.0 Å². The van der Waals surface area contributed by atoms with Crippen LogP contribution in [-0.4, -0.2) is 26.5 Å². The number of carboxylic acid groups (broad SMARTS) is 1. The van der Waals surface area contributed by atoms with Crippen molar-refractivity contribution in [3.63, 3.8) is 0 Å². The van der Waals surface area contributed by atoms with E-state index in [-0.39, 0.29) is 15.5 Å². The third-order valence-electron chi connectivity index (χ3n) is 2.99. The van der Waals surface area contributed by atoms with Crippen LogP contribution in [0.3, 0.4) is 0 Å². The number of sulfonamides is 1. The Balaban J connectivity index is 2.49. The van der Waals surface area contributed by atoms with E-state index < -0.39 is 27.6 Å². The van der Waals surface area contributed by atoms with Crippen molar-refractivity contribution in [2.24, 2.45) is 0 Å². The fourth-order valence-electron chi connectivity index (χ4n) is 1.79. The first-order valence-electron chi connectivity index (χ1n) is 5.92. The van der Waals surface area contributed by atoms with Crippen molar-refractivity contribution in [1.29, 1.82) is 0 Å². The molecule has 0 saturated heterocycles. The molecule has 1 aromatic carbocycles. The number of rotatable bonds is 4. The largest absolute Gasteiger partial charge is 0.477 e. The number of hydrogen-bond donors (Lipinski definition) is 1. The van der Waals surface area contributed by atoms with Crippen molar-refractivity contribution in [2.75, 3.05) is 11.4 Å². The van der Waals surface area contributed by atoms with Gasteiger partial charge in [-0.3, -0.25) is 4.31 Å². The van der Waals surface area contributed by atoms with Gasteiger partial charge in [0.05, 0.1) is 5.69 Å². The van der Waals surface area contributed by atoms with E-state index in [2.05, 4.69) is 0 Å². The minimum Gasteiger partial charge on any atom is -0.477 e. The van der Waals surface area contributed by atoms with Crippen molar-refractivity contribution < 1.29 is 27.1 Å². The fraction of sp³-hybridized carbons (Fsp3) is 0.154. The number of halogens is 2. The minimum atomic E-state index is -4.07. The maximum Gasteiger partial charge on any atom is 0.345 e. The predicted molar refractivity (Wildman–Crippen MR) is 78.0 cm³/mol. The number of thiophene rings is 1. The maximum atomic E-state index is 13.2. The highest BCUT2D eigenvalue weighted by Gasteiger charge is 2.27. The highest BCUT2D eigenvalue weighted by atomic mass is 32.2.